The summed E-state index contributed by atoms with van der Waals surface area (Å²) >= 11 is 0. The minimum absolute atomic E-state index is 0.334. The lowest BCUT2D eigenvalue weighted by atomic mass is 10.0. The van der Waals surface area contributed by atoms with Crippen molar-refractivity contribution in [1.82, 2.24) is 19.5 Å². The number of carbonyl (C=O) groups excluding carboxylic acids is 1. The number of ether oxygens (including phenoxy) is 2. The Hall–Kier alpha value is -3.28. The maximum Gasteiger partial charge on any atom is 0.244 e. The maximum atomic E-state index is 12.7. The summed E-state index contributed by atoms with van der Waals surface area (Å²) in [5, 5.41) is 4.03. The van der Waals surface area contributed by atoms with Gasteiger partial charge in [0.15, 0.2) is 5.54 Å². The molecule has 2 aromatic carbocycles. The van der Waals surface area contributed by atoms with Crippen LogP contribution in [0.5, 0.6) is 5.75 Å². The molecule has 3 N–H and O–H groups in total. The van der Waals surface area contributed by atoms with E-state index in [9.17, 15) is 13.2 Å². The van der Waals surface area contributed by atoms with E-state index in [1.807, 2.05) is 0 Å². The van der Waals surface area contributed by atoms with Crippen LogP contribution in [0.1, 0.15) is 12.5 Å². The van der Waals surface area contributed by atoms with Gasteiger partial charge in [0.2, 0.25) is 22.2 Å². The highest BCUT2D eigenvalue weighted by Gasteiger charge is 2.45. The van der Waals surface area contributed by atoms with Gasteiger partial charge in [-0.1, -0.05) is 30.3 Å². The molecule has 2 atom stereocenters. The summed E-state index contributed by atoms with van der Waals surface area (Å²) in [5.74, 6) is -0.944. The van der Waals surface area contributed by atoms with Gasteiger partial charge in [-0.3, -0.25) is 4.79 Å². The second kappa shape index (κ2) is 9.25. The molecule has 1 heterocycles. The van der Waals surface area contributed by atoms with E-state index < -0.39 is 27.8 Å². The number of nitrogens with one attached hydrogen (secondary N) is 1. The van der Waals surface area contributed by atoms with Gasteiger partial charge in [-0.2, -0.15) is 9.82 Å². The van der Waals surface area contributed by atoms with Crippen molar-refractivity contribution < 1.29 is 22.7 Å². The van der Waals surface area contributed by atoms with Gasteiger partial charge in [-0.15, -0.1) is 0 Å². The number of benzene rings is 2. The summed E-state index contributed by atoms with van der Waals surface area (Å²) in [6.45, 7) is 1.32. The van der Waals surface area contributed by atoms with Crippen molar-refractivity contribution in [3.05, 3.63) is 72.8 Å². The Bertz CT molecular complexity index is 1100. The summed E-state index contributed by atoms with van der Waals surface area (Å²) in [5.41, 5.74) is 4.97. The molecule has 1 aromatic heterocycles. The Labute approximate surface area is 180 Å². The summed E-state index contributed by atoms with van der Waals surface area (Å²) in [6.07, 6.45) is 1.62. The molecule has 164 valence electrons. The van der Waals surface area contributed by atoms with E-state index >= 15 is 0 Å². The molecule has 2 unspecified atom stereocenters. The van der Waals surface area contributed by atoms with E-state index in [4.69, 9.17) is 15.2 Å². The molecule has 3 aromatic rings. The first kappa shape index (κ1) is 22.4. The van der Waals surface area contributed by atoms with Gasteiger partial charge in [-0.25, -0.2) is 18.1 Å². The van der Waals surface area contributed by atoms with Gasteiger partial charge < -0.3 is 15.2 Å². The molecule has 0 bridgehead atoms. The van der Waals surface area contributed by atoms with Crippen LogP contribution in [-0.4, -0.2) is 48.0 Å². The molecule has 11 heteroatoms. The molecule has 0 saturated heterocycles. The van der Waals surface area contributed by atoms with Crippen LogP contribution in [-0.2, 0) is 25.3 Å². The summed E-state index contributed by atoms with van der Waals surface area (Å²) in [7, 11) is -2.66. The van der Waals surface area contributed by atoms with Gasteiger partial charge in [0.1, 0.15) is 18.4 Å². The monoisotopic (exact) mass is 445 g/mol. The maximum absolute atomic E-state index is 12.7. The largest absolute Gasteiger partial charge is 0.462 e. The summed E-state index contributed by atoms with van der Waals surface area (Å²) in [4.78, 5) is 16.2. The lowest BCUT2D eigenvalue weighted by molar-refractivity contribution is -0.144. The molecule has 31 heavy (non-hydrogen) atoms. The van der Waals surface area contributed by atoms with Crippen LogP contribution in [0.25, 0.3) is 5.69 Å². The standard InChI is InChI=1S/C20H23N5O5S/c1-20(18(21)26,24-31(27,28)12-15-6-4-3-5-7-15)19(29-2)30-17-10-8-16(9-11-17)25-14-22-13-23-25/h3-11,13-14,19,24H,12H2,1-2H3,(H2,21,26). The second-order valence-electron chi connectivity index (χ2n) is 6.93. The van der Waals surface area contributed by atoms with Crippen LogP contribution in [0.4, 0.5) is 0 Å². The highest BCUT2D eigenvalue weighted by molar-refractivity contribution is 7.88. The van der Waals surface area contributed by atoms with E-state index in [1.165, 1.54) is 20.4 Å². The third-order valence-corrected chi connectivity index (χ3v) is 5.98. The lowest BCUT2D eigenvalue weighted by Gasteiger charge is -2.34. The quantitative estimate of drug-likeness (QED) is 0.444. The molecular weight excluding hydrogens is 422 g/mol. The van der Waals surface area contributed by atoms with Crippen molar-refractivity contribution in [3.8, 4) is 11.4 Å². The van der Waals surface area contributed by atoms with E-state index in [1.54, 1.807) is 65.6 Å². The van der Waals surface area contributed by atoms with Crippen LogP contribution in [0, 0.1) is 0 Å². The fourth-order valence-corrected chi connectivity index (χ4v) is 4.46. The van der Waals surface area contributed by atoms with Crippen LogP contribution < -0.4 is 15.2 Å². The Morgan fingerprint density at radius 1 is 1.19 bits per heavy atom. The van der Waals surface area contributed by atoms with Crippen LogP contribution in [0.2, 0.25) is 0 Å². The smallest absolute Gasteiger partial charge is 0.244 e. The van der Waals surface area contributed by atoms with Crippen molar-refractivity contribution in [2.24, 2.45) is 5.73 Å². The van der Waals surface area contributed by atoms with Crippen molar-refractivity contribution in [2.45, 2.75) is 24.5 Å². The average molecular weight is 446 g/mol. The number of hydrogen-bond donors (Lipinski definition) is 2. The minimum atomic E-state index is -3.95. The molecule has 0 aliphatic heterocycles. The van der Waals surface area contributed by atoms with Crippen molar-refractivity contribution in [3.63, 3.8) is 0 Å². The predicted molar refractivity (Wildman–Crippen MR) is 113 cm³/mol. The number of primary amides is 1. The molecule has 0 saturated carbocycles. The van der Waals surface area contributed by atoms with E-state index in [0.29, 0.717) is 11.3 Å². The Morgan fingerprint density at radius 2 is 1.87 bits per heavy atom. The molecule has 0 aliphatic rings. The molecular formula is C20H23N5O5S. The number of methoxy groups -OCH3 is 1. The van der Waals surface area contributed by atoms with Gasteiger partial charge >= 0.3 is 0 Å². The Balaban J connectivity index is 1.79. The molecule has 10 nitrogen and oxygen atoms in total. The van der Waals surface area contributed by atoms with Gasteiger partial charge in [0.05, 0.1) is 11.4 Å². The highest BCUT2D eigenvalue weighted by atomic mass is 32.2. The second-order valence-corrected chi connectivity index (χ2v) is 8.66. The van der Waals surface area contributed by atoms with E-state index in [-0.39, 0.29) is 5.75 Å². The molecule has 0 aliphatic carbocycles. The number of carbonyl (C=O) groups is 1. The van der Waals surface area contributed by atoms with Crippen LogP contribution in [0.3, 0.4) is 0 Å². The van der Waals surface area contributed by atoms with Crippen molar-refractivity contribution in [1.29, 1.82) is 0 Å². The summed E-state index contributed by atoms with van der Waals surface area (Å²) in [6, 6.07) is 15.3. The van der Waals surface area contributed by atoms with Crippen molar-refractivity contribution >= 4 is 15.9 Å². The Kier molecular flexibility index (Phi) is 6.68. The zero-order valence-electron chi connectivity index (χ0n) is 17.0. The lowest BCUT2D eigenvalue weighted by Crippen LogP contribution is -2.64. The first-order chi connectivity index (χ1) is 14.7. The number of nitrogens with two attached hydrogens (primary N) is 1. The third kappa shape index (κ3) is 5.45. The molecule has 1 amide bonds. The van der Waals surface area contributed by atoms with Gasteiger partial charge in [-0.05, 0) is 36.8 Å². The fraction of sp³-hybridized carbons (Fsp3) is 0.250. The SMILES string of the molecule is COC(Oc1ccc(-n2cncn2)cc1)C(C)(NS(=O)(=O)Cc1ccccc1)C(N)=O. The van der Waals surface area contributed by atoms with Crippen LogP contribution in [0.15, 0.2) is 67.3 Å². The topological polar surface area (TPSA) is 138 Å². The molecule has 0 spiro atoms. The van der Waals surface area contributed by atoms with Crippen LogP contribution >= 0.6 is 0 Å². The highest BCUT2D eigenvalue weighted by Crippen LogP contribution is 2.22. The molecule has 0 radical (unpaired) electrons. The van der Waals surface area contributed by atoms with Gasteiger partial charge in [0, 0.05) is 7.11 Å². The first-order valence-electron chi connectivity index (χ1n) is 9.23. The third-order valence-electron chi connectivity index (χ3n) is 4.53. The number of rotatable bonds is 10. The zero-order valence-corrected chi connectivity index (χ0v) is 17.8. The minimum Gasteiger partial charge on any atom is -0.462 e. The first-order valence-corrected chi connectivity index (χ1v) is 10.9. The zero-order chi connectivity index (χ0) is 22.5. The fourth-order valence-electron chi connectivity index (χ4n) is 2.91. The average Bonchev–Trinajstić information content (AvgIpc) is 3.27. The molecule has 0 fully saturated rings. The number of sulfonamides is 1. The molecule has 3 rings (SSSR count). The van der Waals surface area contributed by atoms with Gasteiger partial charge in [0.25, 0.3) is 0 Å². The van der Waals surface area contributed by atoms with E-state index in [2.05, 4.69) is 14.8 Å². The number of aromatic nitrogens is 3. The number of amides is 1. The number of nitrogens with zero attached hydrogens (tertiary/aromatic N) is 3. The summed E-state index contributed by atoms with van der Waals surface area (Å²) < 4.78 is 40.4. The van der Waals surface area contributed by atoms with Crippen molar-refractivity contribution in [2.75, 3.05) is 7.11 Å². The normalized spacial score (nSPS) is 14.5. The van der Waals surface area contributed by atoms with E-state index in [0.717, 1.165) is 5.69 Å². The Morgan fingerprint density at radius 3 is 2.42 bits per heavy atom. The number of hydrogen-bond acceptors (Lipinski definition) is 7. The predicted octanol–water partition coefficient (Wildman–Crippen LogP) is 0.982.